The van der Waals surface area contributed by atoms with Crippen LogP contribution in [0.15, 0.2) is 47.1 Å². The lowest BCUT2D eigenvalue weighted by Gasteiger charge is -2.12. The van der Waals surface area contributed by atoms with Crippen molar-refractivity contribution in [2.75, 3.05) is 12.4 Å². The number of nitrogens with one attached hydrogen (secondary N) is 1. The third kappa shape index (κ3) is 3.36. The molecule has 1 aromatic carbocycles. The first kappa shape index (κ1) is 19.5. The molecule has 0 aliphatic carbocycles. The summed E-state index contributed by atoms with van der Waals surface area (Å²) in [6, 6.07) is 11.7. The van der Waals surface area contributed by atoms with E-state index in [2.05, 4.69) is 10.4 Å². The van der Waals surface area contributed by atoms with Crippen LogP contribution in [0.25, 0.3) is 11.1 Å². The highest BCUT2D eigenvalue weighted by Crippen LogP contribution is 2.26. The highest BCUT2D eigenvalue weighted by molar-refractivity contribution is 6.09. The second kappa shape index (κ2) is 7.55. The van der Waals surface area contributed by atoms with Gasteiger partial charge in [0, 0.05) is 25.7 Å². The Morgan fingerprint density at radius 2 is 1.90 bits per heavy atom. The average Bonchev–Trinajstić information content (AvgIpc) is 3.38. The number of benzene rings is 1. The standard InChI is InChI=1S/C22H22N4O4/c1-13-5-7-15(8-6-13)12-26-16-9-10-30-18(16)11-17(26)21(27)23-19-14(2)24-25(3)20(19)22(28)29-4/h5-11H,12H2,1-4H3,(H,23,27). The van der Waals surface area contributed by atoms with E-state index in [4.69, 9.17) is 9.15 Å². The number of carbonyl (C=O) groups excluding carboxylic acids is 2. The summed E-state index contributed by atoms with van der Waals surface area (Å²) in [4.78, 5) is 25.4. The Bertz CT molecular complexity index is 1240. The van der Waals surface area contributed by atoms with Gasteiger partial charge in [-0.1, -0.05) is 29.8 Å². The van der Waals surface area contributed by atoms with E-state index in [9.17, 15) is 9.59 Å². The summed E-state index contributed by atoms with van der Waals surface area (Å²) in [6.45, 7) is 4.25. The summed E-state index contributed by atoms with van der Waals surface area (Å²) < 4.78 is 13.6. The molecule has 0 saturated heterocycles. The Balaban J connectivity index is 1.72. The molecule has 3 aromatic heterocycles. The number of aryl methyl sites for hydroxylation is 3. The highest BCUT2D eigenvalue weighted by atomic mass is 16.5. The van der Waals surface area contributed by atoms with Crippen molar-refractivity contribution >= 4 is 28.7 Å². The number of carbonyl (C=O) groups is 2. The fourth-order valence-corrected chi connectivity index (χ4v) is 3.53. The van der Waals surface area contributed by atoms with Crippen molar-refractivity contribution in [2.45, 2.75) is 20.4 Å². The van der Waals surface area contributed by atoms with Gasteiger partial charge in [-0.25, -0.2) is 4.79 Å². The lowest BCUT2D eigenvalue weighted by atomic mass is 10.1. The predicted octanol–water partition coefficient (Wildman–Crippen LogP) is 3.67. The molecule has 0 radical (unpaired) electrons. The van der Waals surface area contributed by atoms with Gasteiger partial charge in [0.25, 0.3) is 5.91 Å². The summed E-state index contributed by atoms with van der Waals surface area (Å²) >= 11 is 0. The monoisotopic (exact) mass is 406 g/mol. The number of hydrogen-bond donors (Lipinski definition) is 1. The van der Waals surface area contributed by atoms with Crippen LogP contribution in [-0.4, -0.2) is 33.3 Å². The summed E-state index contributed by atoms with van der Waals surface area (Å²) in [6.07, 6.45) is 1.60. The summed E-state index contributed by atoms with van der Waals surface area (Å²) in [5.74, 6) is -0.938. The molecule has 0 unspecified atom stereocenters. The lowest BCUT2D eigenvalue weighted by Crippen LogP contribution is -2.20. The highest BCUT2D eigenvalue weighted by Gasteiger charge is 2.25. The molecule has 8 nitrogen and oxygen atoms in total. The zero-order chi connectivity index (χ0) is 21.4. The van der Waals surface area contributed by atoms with Gasteiger partial charge in [-0.3, -0.25) is 9.48 Å². The minimum atomic E-state index is -0.572. The molecule has 0 saturated carbocycles. The molecule has 4 rings (SSSR count). The van der Waals surface area contributed by atoms with Crippen LogP contribution in [0.3, 0.4) is 0 Å². The van der Waals surface area contributed by atoms with Gasteiger partial charge in [0.1, 0.15) is 5.69 Å². The summed E-state index contributed by atoms with van der Waals surface area (Å²) in [5, 5.41) is 7.07. The van der Waals surface area contributed by atoms with E-state index in [1.807, 2.05) is 41.8 Å². The smallest absolute Gasteiger partial charge is 0.358 e. The van der Waals surface area contributed by atoms with Crippen LogP contribution >= 0.6 is 0 Å². The molecule has 1 amide bonds. The number of hydrogen-bond acceptors (Lipinski definition) is 5. The van der Waals surface area contributed by atoms with E-state index in [-0.39, 0.29) is 11.6 Å². The third-order valence-electron chi connectivity index (χ3n) is 5.06. The minimum Gasteiger partial charge on any atom is -0.464 e. The lowest BCUT2D eigenvalue weighted by molar-refractivity contribution is 0.0589. The van der Waals surface area contributed by atoms with E-state index >= 15 is 0 Å². The molecule has 1 N–H and O–H groups in total. The van der Waals surface area contributed by atoms with Gasteiger partial charge in [-0.05, 0) is 19.4 Å². The SMILES string of the molecule is COC(=O)c1c(NC(=O)c2cc3occc3n2Cc2ccc(C)cc2)c(C)nn1C. The number of furan rings is 1. The number of fused-ring (bicyclic) bond motifs is 1. The molecule has 0 fully saturated rings. The molecular weight excluding hydrogens is 384 g/mol. The van der Waals surface area contributed by atoms with Crippen molar-refractivity contribution < 1.29 is 18.7 Å². The maximum atomic E-state index is 13.2. The molecule has 4 aromatic rings. The number of rotatable bonds is 5. The van der Waals surface area contributed by atoms with Crippen molar-refractivity contribution in [3.63, 3.8) is 0 Å². The van der Waals surface area contributed by atoms with Gasteiger partial charge in [0.15, 0.2) is 11.3 Å². The molecule has 0 aliphatic rings. The fourth-order valence-electron chi connectivity index (χ4n) is 3.53. The van der Waals surface area contributed by atoms with E-state index in [0.29, 0.717) is 29.2 Å². The van der Waals surface area contributed by atoms with Crippen molar-refractivity contribution in [1.82, 2.24) is 14.3 Å². The summed E-state index contributed by atoms with van der Waals surface area (Å²) in [7, 11) is 2.92. The van der Waals surface area contributed by atoms with Crippen LogP contribution in [0.1, 0.15) is 37.8 Å². The Labute approximate surface area is 173 Å². The Morgan fingerprint density at radius 3 is 2.60 bits per heavy atom. The van der Waals surface area contributed by atoms with Crippen LogP contribution in [0, 0.1) is 13.8 Å². The molecule has 0 spiro atoms. The van der Waals surface area contributed by atoms with E-state index in [1.165, 1.54) is 17.4 Å². The molecular formula is C22H22N4O4. The van der Waals surface area contributed by atoms with Crippen molar-refractivity contribution in [3.05, 3.63) is 70.9 Å². The number of anilines is 1. The number of nitrogens with zero attached hydrogens (tertiary/aromatic N) is 3. The zero-order valence-electron chi connectivity index (χ0n) is 17.2. The van der Waals surface area contributed by atoms with Gasteiger partial charge in [-0.2, -0.15) is 5.10 Å². The first-order valence-electron chi connectivity index (χ1n) is 9.44. The quantitative estimate of drug-likeness (QED) is 0.511. The first-order chi connectivity index (χ1) is 14.4. The number of aromatic nitrogens is 3. The van der Waals surface area contributed by atoms with E-state index in [0.717, 1.165) is 11.1 Å². The van der Waals surface area contributed by atoms with E-state index in [1.54, 1.807) is 26.3 Å². The Hall–Kier alpha value is -3.81. The van der Waals surface area contributed by atoms with Gasteiger partial charge >= 0.3 is 5.97 Å². The average molecular weight is 406 g/mol. The maximum Gasteiger partial charge on any atom is 0.358 e. The third-order valence-corrected chi connectivity index (χ3v) is 5.06. The molecule has 0 bridgehead atoms. The molecule has 30 heavy (non-hydrogen) atoms. The van der Waals surface area contributed by atoms with Crippen LogP contribution in [0.4, 0.5) is 5.69 Å². The molecule has 0 aliphatic heterocycles. The molecule has 154 valence electrons. The predicted molar refractivity (Wildman–Crippen MR) is 112 cm³/mol. The van der Waals surface area contributed by atoms with Crippen molar-refractivity contribution in [3.8, 4) is 0 Å². The van der Waals surface area contributed by atoms with Crippen molar-refractivity contribution in [1.29, 1.82) is 0 Å². The van der Waals surface area contributed by atoms with Gasteiger partial charge in [0.05, 0.1) is 30.3 Å². The fraction of sp³-hybridized carbons (Fsp3) is 0.227. The normalized spacial score (nSPS) is 11.1. The Morgan fingerprint density at radius 1 is 1.17 bits per heavy atom. The van der Waals surface area contributed by atoms with E-state index < -0.39 is 5.97 Å². The second-order valence-corrected chi connectivity index (χ2v) is 7.15. The second-order valence-electron chi connectivity index (χ2n) is 7.15. The largest absolute Gasteiger partial charge is 0.464 e. The number of amides is 1. The van der Waals surface area contributed by atoms with Crippen molar-refractivity contribution in [2.24, 2.45) is 7.05 Å². The molecule has 8 heteroatoms. The van der Waals surface area contributed by atoms with Crippen LogP contribution in [0.5, 0.6) is 0 Å². The van der Waals surface area contributed by atoms with Gasteiger partial charge < -0.3 is 19.0 Å². The number of methoxy groups -OCH3 is 1. The molecule has 3 heterocycles. The van der Waals surface area contributed by atoms with Crippen LogP contribution in [0.2, 0.25) is 0 Å². The first-order valence-corrected chi connectivity index (χ1v) is 9.44. The summed E-state index contributed by atoms with van der Waals surface area (Å²) in [5.41, 5.74) is 5.11. The number of esters is 1. The molecule has 0 atom stereocenters. The minimum absolute atomic E-state index is 0.184. The Kier molecular flexibility index (Phi) is 4.91. The zero-order valence-corrected chi connectivity index (χ0v) is 17.2. The van der Waals surface area contributed by atoms with Gasteiger partial charge in [-0.15, -0.1) is 0 Å². The van der Waals surface area contributed by atoms with Crippen LogP contribution < -0.4 is 5.32 Å². The topological polar surface area (TPSA) is 91.3 Å². The number of ether oxygens (including phenoxy) is 1. The van der Waals surface area contributed by atoms with Crippen LogP contribution in [-0.2, 0) is 18.3 Å². The van der Waals surface area contributed by atoms with Gasteiger partial charge in [0.2, 0.25) is 0 Å². The maximum absolute atomic E-state index is 13.2.